The highest BCUT2D eigenvalue weighted by atomic mass is 16.3. The third kappa shape index (κ3) is 3.39. The van der Waals surface area contributed by atoms with E-state index in [4.69, 9.17) is 5.11 Å². The molecule has 0 radical (unpaired) electrons. The normalized spacial score (nSPS) is 46.3. The van der Waals surface area contributed by atoms with E-state index in [0.717, 1.165) is 38.6 Å². The Hall–Kier alpha value is -0.420. The van der Waals surface area contributed by atoms with Crippen LogP contribution in [0.3, 0.4) is 0 Å². The molecule has 0 aromatic carbocycles. The molecule has 7 unspecified atom stereocenters. The lowest BCUT2D eigenvalue weighted by molar-refractivity contribution is -0.0930. The van der Waals surface area contributed by atoms with Crippen LogP contribution in [0, 0.1) is 34.5 Å². The number of hydrogen-bond acceptors (Lipinski definition) is 4. The summed E-state index contributed by atoms with van der Waals surface area (Å²) in [6.45, 7) is 11.0. The molecule has 0 aliphatic heterocycles. The molecule has 0 aromatic rings. The van der Waals surface area contributed by atoms with Gasteiger partial charge < -0.3 is 20.6 Å². The summed E-state index contributed by atoms with van der Waals surface area (Å²) in [6, 6.07) is 0. The molecule has 7 atom stereocenters. The fourth-order valence-corrected chi connectivity index (χ4v) is 6.83. The van der Waals surface area contributed by atoms with Crippen LogP contribution in [0.5, 0.6) is 0 Å². The van der Waals surface area contributed by atoms with Crippen molar-refractivity contribution in [2.45, 2.75) is 64.9 Å². The summed E-state index contributed by atoms with van der Waals surface area (Å²) in [5.74, 6) is 1.79. The van der Waals surface area contributed by atoms with Crippen LogP contribution in [0.2, 0.25) is 0 Å². The first-order valence-electron chi connectivity index (χ1n) is 10.7. The largest absolute Gasteiger partial charge is 0.396 e. The van der Waals surface area contributed by atoms with Gasteiger partial charge in [0.2, 0.25) is 0 Å². The van der Waals surface area contributed by atoms with Crippen molar-refractivity contribution in [3.05, 3.63) is 12.2 Å². The van der Waals surface area contributed by atoms with Crippen molar-refractivity contribution >= 4 is 0 Å². The highest BCUT2D eigenvalue weighted by Crippen LogP contribution is 2.63. The third-order valence-electron chi connectivity index (χ3n) is 8.63. The molecule has 0 aromatic heterocycles. The van der Waals surface area contributed by atoms with Crippen LogP contribution < -0.4 is 5.32 Å². The van der Waals surface area contributed by atoms with E-state index in [0.29, 0.717) is 30.2 Å². The Morgan fingerprint density at radius 3 is 2.58 bits per heavy atom. The van der Waals surface area contributed by atoms with Crippen molar-refractivity contribution in [1.29, 1.82) is 0 Å². The topological polar surface area (TPSA) is 72.7 Å². The van der Waals surface area contributed by atoms with E-state index in [9.17, 15) is 10.2 Å². The average Bonchev–Trinajstić information content (AvgIpc) is 2.92. The molecule has 150 valence electrons. The van der Waals surface area contributed by atoms with Gasteiger partial charge in [-0.15, -0.1) is 0 Å². The number of aliphatic hydroxyl groups is 3. The quantitative estimate of drug-likeness (QED) is 0.431. The van der Waals surface area contributed by atoms with Crippen molar-refractivity contribution in [1.82, 2.24) is 5.32 Å². The van der Waals surface area contributed by atoms with Crippen LogP contribution in [0.15, 0.2) is 12.2 Å². The van der Waals surface area contributed by atoms with Gasteiger partial charge in [0, 0.05) is 13.2 Å². The van der Waals surface area contributed by atoms with Crippen molar-refractivity contribution in [2.24, 2.45) is 34.5 Å². The maximum absolute atomic E-state index is 10.4. The first-order valence-corrected chi connectivity index (χ1v) is 10.7. The lowest BCUT2D eigenvalue weighted by Crippen LogP contribution is -2.53. The Morgan fingerprint density at radius 2 is 1.88 bits per heavy atom. The lowest BCUT2D eigenvalue weighted by atomic mass is 9.49. The van der Waals surface area contributed by atoms with E-state index >= 15 is 0 Å². The molecule has 4 heteroatoms. The smallest absolute Gasteiger partial charge is 0.0555 e. The van der Waals surface area contributed by atoms with E-state index in [-0.39, 0.29) is 30.1 Å². The third-order valence-corrected chi connectivity index (χ3v) is 8.63. The Bertz CT molecular complexity index is 510. The minimum Gasteiger partial charge on any atom is -0.396 e. The Morgan fingerprint density at radius 1 is 1.12 bits per heavy atom. The van der Waals surface area contributed by atoms with Crippen molar-refractivity contribution < 1.29 is 15.3 Å². The highest BCUT2D eigenvalue weighted by Gasteiger charge is 2.56. The second-order valence-electron chi connectivity index (χ2n) is 9.72. The van der Waals surface area contributed by atoms with Gasteiger partial charge in [-0.05, 0) is 86.0 Å². The number of nitrogens with one attached hydrogen (secondary N) is 1. The van der Waals surface area contributed by atoms with Crippen molar-refractivity contribution in [2.75, 3.05) is 26.3 Å². The Kier molecular flexibility index (Phi) is 6.18. The average molecular weight is 366 g/mol. The monoisotopic (exact) mass is 365 g/mol. The van der Waals surface area contributed by atoms with Crippen molar-refractivity contribution in [3.8, 4) is 0 Å². The standard InChI is InChI=1S/C22H39NO3/c1-15-4-5-19-18(14-25)20(7-9-21(15,19)2)22(3)8-6-17(26)12-16(22)13-23-10-11-24/h16-20,23-26H,1,4-14H2,2-3H3. The van der Waals surface area contributed by atoms with Crippen molar-refractivity contribution in [3.63, 3.8) is 0 Å². The van der Waals surface area contributed by atoms with Crippen LogP contribution in [-0.4, -0.2) is 47.7 Å². The van der Waals surface area contributed by atoms with Gasteiger partial charge in [0.05, 0.1) is 12.7 Å². The summed E-state index contributed by atoms with van der Waals surface area (Å²) in [5.41, 5.74) is 1.74. The van der Waals surface area contributed by atoms with E-state index < -0.39 is 0 Å². The predicted octanol–water partition coefficient (Wildman–Crippen LogP) is 2.73. The molecule has 0 heterocycles. The first-order chi connectivity index (χ1) is 12.4. The Balaban J connectivity index is 1.83. The number of fused-ring (bicyclic) bond motifs is 1. The molecule has 26 heavy (non-hydrogen) atoms. The summed E-state index contributed by atoms with van der Waals surface area (Å²) in [6.07, 6.45) is 7.15. The summed E-state index contributed by atoms with van der Waals surface area (Å²) >= 11 is 0. The minimum atomic E-state index is -0.211. The van der Waals surface area contributed by atoms with Crippen LogP contribution in [0.1, 0.15) is 58.8 Å². The van der Waals surface area contributed by atoms with Gasteiger partial charge in [-0.3, -0.25) is 0 Å². The molecule has 3 rings (SSSR count). The van der Waals surface area contributed by atoms with E-state index in [2.05, 4.69) is 25.7 Å². The molecule has 0 saturated heterocycles. The SMILES string of the molecule is C=C1CCC2C(CO)C(C3(C)CCC(O)CC3CNCCO)CCC12C. The molecule has 0 amide bonds. The van der Waals surface area contributed by atoms with E-state index in [1.807, 2.05) is 0 Å². The highest BCUT2D eigenvalue weighted by molar-refractivity contribution is 5.20. The van der Waals surface area contributed by atoms with Gasteiger partial charge in [0.25, 0.3) is 0 Å². The molecule has 3 aliphatic rings. The molecule has 4 nitrogen and oxygen atoms in total. The maximum atomic E-state index is 10.4. The number of hydrogen-bond donors (Lipinski definition) is 4. The van der Waals surface area contributed by atoms with Crippen LogP contribution in [0.25, 0.3) is 0 Å². The fourth-order valence-electron chi connectivity index (χ4n) is 6.83. The zero-order valence-corrected chi connectivity index (χ0v) is 16.7. The van der Waals surface area contributed by atoms with E-state index in [1.54, 1.807) is 0 Å². The summed E-state index contributed by atoms with van der Waals surface area (Å²) < 4.78 is 0. The molecule has 0 bridgehead atoms. The van der Waals surface area contributed by atoms with Gasteiger partial charge in [0.15, 0.2) is 0 Å². The number of aliphatic hydroxyl groups excluding tert-OH is 3. The predicted molar refractivity (Wildman–Crippen MR) is 105 cm³/mol. The second kappa shape index (κ2) is 7.90. The van der Waals surface area contributed by atoms with Crippen LogP contribution >= 0.6 is 0 Å². The summed E-state index contributed by atoms with van der Waals surface area (Å²) in [5, 5.41) is 33.1. The fraction of sp³-hybridized carbons (Fsp3) is 0.909. The molecule has 4 N–H and O–H groups in total. The van der Waals surface area contributed by atoms with Gasteiger partial charge in [-0.1, -0.05) is 26.0 Å². The van der Waals surface area contributed by atoms with Gasteiger partial charge in [0.1, 0.15) is 0 Å². The molecule has 0 spiro atoms. The summed E-state index contributed by atoms with van der Waals surface area (Å²) in [4.78, 5) is 0. The zero-order valence-electron chi connectivity index (χ0n) is 16.7. The van der Waals surface area contributed by atoms with Crippen LogP contribution in [0.4, 0.5) is 0 Å². The maximum Gasteiger partial charge on any atom is 0.0555 e. The number of rotatable bonds is 6. The van der Waals surface area contributed by atoms with Crippen LogP contribution in [-0.2, 0) is 0 Å². The van der Waals surface area contributed by atoms with Gasteiger partial charge in [-0.25, -0.2) is 0 Å². The molecular formula is C22H39NO3. The van der Waals surface area contributed by atoms with E-state index in [1.165, 1.54) is 18.4 Å². The molecule has 3 aliphatic carbocycles. The Labute approximate surface area is 159 Å². The number of allylic oxidation sites excluding steroid dienone is 1. The second-order valence-corrected chi connectivity index (χ2v) is 9.72. The zero-order chi connectivity index (χ0) is 18.9. The lowest BCUT2D eigenvalue weighted by Gasteiger charge is -2.56. The minimum absolute atomic E-state index is 0.139. The molecule has 3 fully saturated rings. The molecule has 3 saturated carbocycles. The van der Waals surface area contributed by atoms with Gasteiger partial charge >= 0.3 is 0 Å². The first kappa shape index (κ1) is 20.3. The van der Waals surface area contributed by atoms with Gasteiger partial charge in [-0.2, -0.15) is 0 Å². The molecular weight excluding hydrogens is 326 g/mol. The summed E-state index contributed by atoms with van der Waals surface area (Å²) in [7, 11) is 0.